The van der Waals surface area contributed by atoms with Crippen molar-refractivity contribution in [3.8, 4) is 0 Å². The number of aromatic nitrogens is 2. The van der Waals surface area contributed by atoms with Gasteiger partial charge in [0.25, 0.3) is 5.91 Å². The molecule has 1 aromatic heterocycles. The number of rotatable bonds is 5. The minimum Gasteiger partial charge on any atom is -0.385 e. The maximum atomic E-state index is 11.3. The van der Waals surface area contributed by atoms with Crippen LogP contribution in [0.1, 0.15) is 16.9 Å². The number of nitrogens with one attached hydrogen (secondary N) is 1. The molecule has 14 heavy (non-hydrogen) atoms. The van der Waals surface area contributed by atoms with Gasteiger partial charge in [0, 0.05) is 33.5 Å². The fraction of sp³-hybridized carbons (Fsp3) is 0.556. The summed E-state index contributed by atoms with van der Waals surface area (Å²) in [5, 5.41) is 6.62. The second-order valence-corrected chi connectivity index (χ2v) is 2.87. The van der Waals surface area contributed by atoms with Crippen LogP contribution in [0.25, 0.3) is 0 Å². The van der Waals surface area contributed by atoms with Gasteiger partial charge in [-0.2, -0.15) is 5.10 Å². The Balaban J connectivity index is 2.58. The number of carbonyl (C=O) groups is 1. The Bertz CT molecular complexity index is 296. The fourth-order valence-corrected chi connectivity index (χ4v) is 1.19. The highest BCUT2D eigenvalue weighted by molar-refractivity contribution is 5.92. The number of aryl methyl sites for hydroxylation is 1. The summed E-state index contributed by atoms with van der Waals surface area (Å²) in [7, 11) is 3.26. The third-order valence-corrected chi connectivity index (χ3v) is 1.89. The van der Waals surface area contributed by atoms with Crippen LogP contribution >= 0.6 is 0 Å². The Morgan fingerprint density at radius 1 is 1.71 bits per heavy atom. The first-order chi connectivity index (χ1) is 6.79. The summed E-state index contributed by atoms with van der Waals surface area (Å²) < 4.78 is 6.60. The highest BCUT2D eigenvalue weighted by Crippen LogP contribution is 1.99. The summed E-state index contributed by atoms with van der Waals surface area (Å²) in [5.74, 6) is -0.111. The van der Waals surface area contributed by atoms with Gasteiger partial charge in [-0.3, -0.25) is 9.48 Å². The van der Waals surface area contributed by atoms with Crippen molar-refractivity contribution in [2.24, 2.45) is 0 Å². The van der Waals surface area contributed by atoms with Crippen molar-refractivity contribution in [1.82, 2.24) is 15.1 Å². The molecule has 1 heterocycles. The van der Waals surface area contributed by atoms with E-state index in [1.54, 1.807) is 31.1 Å². The van der Waals surface area contributed by atoms with E-state index in [0.29, 0.717) is 18.8 Å². The zero-order valence-corrected chi connectivity index (χ0v) is 8.49. The van der Waals surface area contributed by atoms with Gasteiger partial charge in [-0.05, 0) is 12.5 Å². The van der Waals surface area contributed by atoms with E-state index in [4.69, 9.17) is 4.74 Å². The zero-order valence-electron chi connectivity index (χ0n) is 8.49. The van der Waals surface area contributed by atoms with Gasteiger partial charge in [-0.15, -0.1) is 0 Å². The molecule has 0 radical (unpaired) electrons. The number of hydrogen-bond acceptors (Lipinski definition) is 3. The van der Waals surface area contributed by atoms with Crippen LogP contribution < -0.4 is 5.32 Å². The average Bonchev–Trinajstić information content (AvgIpc) is 2.65. The summed E-state index contributed by atoms with van der Waals surface area (Å²) in [5.41, 5.74) is 0.587. The van der Waals surface area contributed by atoms with Crippen molar-refractivity contribution in [1.29, 1.82) is 0 Å². The number of amides is 1. The van der Waals surface area contributed by atoms with Crippen molar-refractivity contribution in [3.63, 3.8) is 0 Å². The van der Waals surface area contributed by atoms with Crippen LogP contribution in [0.5, 0.6) is 0 Å². The van der Waals surface area contributed by atoms with Gasteiger partial charge in [-0.1, -0.05) is 0 Å². The molecule has 0 atom stereocenters. The van der Waals surface area contributed by atoms with Crippen molar-refractivity contribution in [2.45, 2.75) is 13.0 Å². The maximum absolute atomic E-state index is 11.3. The van der Waals surface area contributed by atoms with E-state index >= 15 is 0 Å². The largest absolute Gasteiger partial charge is 0.385 e. The first-order valence-electron chi connectivity index (χ1n) is 4.52. The Labute approximate surface area is 83.1 Å². The third kappa shape index (κ3) is 2.56. The van der Waals surface area contributed by atoms with Crippen LogP contribution in [0.2, 0.25) is 0 Å². The van der Waals surface area contributed by atoms with Gasteiger partial charge in [0.1, 0.15) is 5.69 Å². The minimum atomic E-state index is -0.111. The number of nitrogens with zero attached hydrogens (tertiary/aromatic N) is 2. The molecule has 0 aromatic carbocycles. The number of ether oxygens (including phenoxy) is 1. The molecular weight excluding hydrogens is 182 g/mol. The first kappa shape index (κ1) is 10.7. The smallest absolute Gasteiger partial charge is 0.269 e. The molecule has 5 nitrogen and oxygen atoms in total. The molecule has 1 rings (SSSR count). The lowest BCUT2D eigenvalue weighted by atomic mass is 10.4. The number of carbonyl (C=O) groups excluding carboxylic acids is 1. The Morgan fingerprint density at radius 2 is 2.50 bits per heavy atom. The second kappa shape index (κ2) is 5.39. The Hall–Kier alpha value is -1.36. The lowest BCUT2D eigenvalue weighted by molar-refractivity contribution is 0.0951. The molecule has 5 heteroatoms. The molecule has 0 spiro atoms. The van der Waals surface area contributed by atoms with Crippen LogP contribution in [0.3, 0.4) is 0 Å². The van der Waals surface area contributed by atoms with E-state index in [0.717, 1.165) is 6.42 Å². The topological polar surface area (TPSA) is 56.2 Å². The van der Waals surface area contributed by atoms with Crippen molar-refractivity contribution >= 4 is 5.91 Å². The van der Waals surface area contributed by atoms with E-state index in [2.05, 4.69) is 10.4 Å². The Kier molecular flexibility index (Phi) is 4.12. The van der Waals surface area contributed by atoms with Crippen molar-refractivity contribution in [3.05, 3.63) is 18.0 Å². The van der Waals surface area contributed by atoms with Crippen LogP contribution in [-0.2, 0) is 11.3 Å². The van der Waals surface area contributed by atoms with Crippen molar-refractivity contribution < 1.29 is 9.53 Å². The van der Waals surface area contributed by atoms with Crippen LogP contribution in [0.4, 0.5) is 0 Å². The number of methoxy groups -OCH3 is 1. The third-order valence-electron chi connectivity index (χ3n) is 1.89. The summed E-state index contributed by atoms with van der Waals surface area (Å²) >= 11 is 0. The average molecular weight is 197 g/mol. The molecule has 0 aliphatic carbocycles. The standard InChI is InChI=1S/C9H15N3O2/c1-10-9(13)8-4-5-11-12(8)6-3-7-14-2/h4-5H,3,6-7H2,1-2H3,(H,10,13). The molecule has 78 valence electrons. The first-order valence-corrected chi connectivity index (χ1v) is 4.52. The summed E-state index contributed by atoms with van der Waals surface area (Å²) in [4.78, 5) is 11.3. The van der Waals surface area contributed by atoms with Crippen LogP contribution in [0.15, 0.2) is 12.3 Å². The van der Waals surface area contributed by atoms with E-state index in [-0.39, 0.29) is 5.91 Å². The molecule has 0 saturated heterocycles. The van der Waals surface area contributed by atoms with Gasteiger partial charge in [0.05, 0.1) is 0 Å². The molecule has 0 bridgehead atoms. The van der Waals surface area contributed by atoms with E-state index in [9.17, 15) is 4.79 Å². The lowest BCUT2D eigenvalue weighted by Gasteiger charge is -2.05. The monoisotopic (exact) mass is 197 g/mol. The summed E-state index contributed by atoms with van der Waals surface area (Å²) in [6.45, 7) is 1.37. The molecule has 1 amide bonds. The molecular formula is C9H15N3O2. The lowest BCUT2D eigenvalue weighted by Crippen LogP contribution is -2.22. The van der Waals surface area contributed by atoms with Gasteiger partial charge >= 0.3 is 0 Å². The fourth-order valence-electron chi connectivity index (χ4n) is 1.19. The maximum Gasteiger partial charge on any atom is 0.269 e. The minimum absolute atomic E-state index is 0.111. The van der Waals surface area contributed by atoms with E-state index in [1.165, 1.54) is 0 Å². The summed E-state index contributed by atoms with van der Waals surface area (Å²) in [6, 6.07) is 1.70. The SMILES string of the molecule is CNC(=O)c1ccnn1CCCOC. The molecule has 0 aliphatic rings. The highest BCUT2D eigenvalue weighted by atomic mass is 16.5. The van der Waals surface area contributed by atoms with Gasteiger partial charge in [-0.25, -0.2) is 0 Å². The number of hydrogen-bond donors (Lipinski definition) is 1. The molecule has 0 aliphatic heterocycles. The molecule has 0 unspecified atom stereocenters. The van der Waals surface area contributed by atoms with Gasteiger partial charge in [0.15, 0.2) is 0 Å². The predicted octanol–water partition coefficient (Wildman–Crippen LogP) is 0.279. The van der Waals surface area contributed by atoms with Crippen molar-refractivity contribution in [2.75, 3.05) is 20.8 Å². The predicted molar refractivity (Wildman–Crippen MR) is 52.1 cm³/mol. The van der Waals surface area contributed by atoms with Crippen LogP contribution in [0, 0.1) is 0 Å². The quantitative estimate of drug-likeness (QED) is 0.690. The normalized spacial score (nSPS) is 10.1. The van der Waals surface area contributed by atoms with E-state index in [1.807, 2.05) is 0 Å². The molecule has 1 aromatic rings. The summed E-state index contributed by atoms with van der Waals surface area (Å²) in [6.07, 6.45) is 2.47. The highest BCUT2D eigenvalue weighted by Gasteiger charge is 2.08. The van der Waals surface area contributed by atoms with E-state index < -0.39 is 0 Å². The van der Waals surface area contributed by atoms with Gasteiger partial charge < -0.3 is 10.1 Å². The second-order valence-electron chi connectivity index (χ2n) is 2.87. The molecule has 0 saturated carbocycles. The van der Waals surface area contributed by atoms with Crippen LogP contribution in [-0.4, -0.2) is 36.5 Å². The Morgan fingerprint density at radius 3 is 3.14 bits per heavy atom. The molecule has 1 N–H and O–H groups in total. The zero-order chi connectivity index (χ0) is 10.4. The van der Waals surface area contributed by atoms with Gasteiger partial charge in [0.2, 0.25) is 0 Å². The molecule has 0 fully saturated rings.